The van der Waals surface area contributed by atoms with Crippen LogP contribution in [0.4, 0.5) is 18.9 Å². The zero-order valence-corrected chi connectivity index (χ0v) is 14.5. The number of carbonyl (C=O) groups is 1. The van der Waals surface area contributed by atoms with Gasteiger partial charge in [0.05, 0.1) is 29.4 Å². The van der Waals surface area contributed by atoms with E-state index in [-0.39, 0.29) is 29.9 Å². The fraction of sp³-hybridized carbons (Fsp3) is 0.588. The Morgan fingerprint density at radius 1 is 1.28 bits per heavy atom. The minimum Gasteiger partial charge on any atom is -0.395 e. The van der Waals surface area contributed by atoms with Gasteiger partial charge in [-0.05, 0) is 31.0 Å². The molecule has 1 aromatic rings. The van der Waals surface area contributed by atoms with Gasteiger partial charge >= 0.3 is 6.18 Å². The summed E-state index contributed by atoms with van der Waals surface area (Å²) >= 11 is 5.90. The number of anilines is 1. The van der Waals surface area contributed by atoms with Crippen LogP contribution in [0.2, 0.25) is 5.02 Å². The normalized spacial score (nSPS) is 16.2. The van der Waals surface area contributed by atoms with E-state index < -0.39 is 17.6 Å². The fourth-order valence-corrected chi connectivity index (χ4v) is 3.30. The van der Waals surface area contributed by atoms with E-state index >= 15 is 0 Å². The lowest BCUT2D eigenvalue weighted by molar-refractivity contribution is -0.137. The summed E-state index contributed by atoms with van der Waals surface area (Å²) in [6, 6.07) is 3.03. The summed E-state index contributed by atoms with van der Waals surface area (Å²) in [4.78, 5) is 14.2. The molecule has 1 saturated carbocycles. The molecule has 0 aliphatic heterocycles. The van der Waals surface area contributed by atoms with Gasteiger partial charge in [0.1, 0.15) is 0 Å². The topological polar surface area (TPSA) is 52.6 Å². The van der Waals surface area contributed by atoms with Crippen molar-refractivity contribution in [2.75, 3.05) is 25.0 Å². The second-order valence-electron chi connectivity index (χ2n) is 6.23. The lowest BCUT2D eigenvalue weighted by Crippen LogP contribution is -2.43. The molecule has 0 heterocycles. The van der Waals surface area contributed by atoms with Crippen LogP contribution in [-0.2, 0) is 11.0 Å². The van der Waals surface area contributed by atoms with E-state index in [1.807, 2.05) is 4.90 Å². The lowest BCUT2D eigenvalue weighted by atomic mass is 9.94. The van der Waals surface area contributed by atoms with Gasteiger partial charge < -0.3 is 10.4 Å². The van der Waals surface area contributed by atoms with Crippen LogP contribution in [0.3, 0.4) is 0 Å². The highest BCUT2D eigenvalue weighted by Gasteiger charge is 2.31. The molecule has 4 nitrogen and oxygen atoms in total. The molecule has 1 aliphatic carbocycles. The number of aliphatic hydroxyl groups is 1. The molecule has 1 aromatic carbocycles. The van der Waals surface area contributed by atoms with E-state index in [0.29, 0.717) is 6.54 Å². The molecule has 2 N–H and O–H groups in total. The number of hydrogen-bond donors (Lipinski definition) is 2. The van der Waals surface area contributed by atoms with Crippen LogP contribution in [-0.4, -0.2) is 41.7 Å². The molecule has 0 aromatic heterocycles. The molecule has 25 heavy (non-hydrogen) atoms. The Kier molecular flexibility index (Phi) is 7.10. The fourth-order valence-electron chi connectivity index (χ4n) is 3.14. The number of hydrogen-bond acceptors (Lipinski definition) is 3. The first kappa shape index (κ1) is 20.0. The summed E-state index contributed by atoms with van der Waals surface area (Å²) in [5.74, 6) is -0.444. The van der Waals surface area contributed by atoms with Gasteiger partial charge in [-0.2, -0.15) is 13.2 Å². The van der Waals surface area contributed by atoms with Gasteiger partial charge in [-0.25, -0.2) is 0 Å². The maximum absolute atomic E-state index is 12.8. The monoisotopic (exact) mass is 378 g/mol. The Bertz CT molecular complexity index is 590. The van der Waals surface area contributed by atoms with Crippen LogP contribution in [0.5, 0.6) is 0 Å². The molecular formula is C17H22ClF3N2O2. The van der Waals surface area contributed by atoms with Crippen molar-refractivity contribution < 1.29 is 23.1 Å². The Morgan fingerprint density at radius 3 is 2.56 bits per heavy atom. The van der Waals surface area contributed by atoms with E-state index in [9.17, 15) is 23.1 Å². The van der Waals surface area contributed by atoms with Crippen molar-refractivity contribution in [2.45, 2.75) is 44.3 Å². The van der Waals surface area contributed by atoms with Crippen molar-refractivity contribution in [1.82, 2.24) is 4.90 Å². The van der Waals surface area contributed by atoms with Crippen molar-refractivity contribution in [3.05, 3.63) is 28.8 Å². The molecule has 1 amide bonds. The first-order valence-electron chi connectivity index (χ1n) is 8.33. The maximum atomic E-state index is 12.8. The number of aliphatic hydroxyl groups excluding tert-OH is 1. The predicted octanol–water partition coefficient (Wildman–Crippen LogP) is 3.92. The zero-order valence-electron chi connectivity index (χ0n) is 13.8. The molecule has 1 aliphatic rings. The van der Waals surface area contributed by atoms with E-state index in [1.54, 1.807) is 0 Å². The van der Waals surface area contributed by atoms with E-state index in [4.69, 9.17) is 11.6 Å². The molecular weight excluding hydrogens is 357 g/mol. The number of benzene rings is 1. The molecule has 0 atom stereocenters. The van der Waals surface area contributed by atoms with Gasteiger partial charge in [0.15, 0.2) is 0 Å². The third-order valence-corrected chi connectivity index (χ3v) is 4.72. The van der Waals surface area contributed by atoms with Crippen LogP contribution in [0.1, 0.15) is 37.7 Å². The number of rotatable bonds is 6. The van der Waals surface area contributed by atoms with E-state index in [1.165, 1.54) is 0 Å². The minimum atomic E-state index is -4.50. The molecule has 0 saturated heterocycles. The van der Waals surface area contributed by atoms with Crippen LogP contribution >= 0.6 is 11.6 Å². The van der Waals surface area contributed by atoms with Crippen LogP contribution in [0, 0.1) is 0 Å². The Labute approximate surface area is 150 Å². The Morgan fingerprint density at radius 2 is 1.96 bits per heavy atom. The first-order valence-corrected chi connectivity index (χ1v) is 8.70. The smallest absolute Gasteiger partial charge is 0.395 e. The lowest BCUT2D eigenvalue weighted by Gasteiger charge is -2.33. The number of alkyl halides is 3. The largest absolute Gasteiger partial charge is 0.416 e. The van der Waals surface area contributed by atoms with Crippen molar-refractivity contribution in [2.24, 2.45) is 0 Å². The second kappa shape index (κ2) is 8.87. The minimum absolute atomic E-state index is 0.0117. The highest BCUT2D eigenvalue weighted by molar-refractivity contribution is 6.33. The zero-order chi connectivity index (χ0) is 18.4. The van der Waals surface area contributed by atoms with Crippen molar-refractivity contribution >= 4 is 23.2 Å². The molecule has 0 spiro atoms. The summed E-state index contributed by atoms with van der Waals surface area (Å²) < 4.78 is 38.4. The number of carbonyl (C=O) groups excluding carboxylic acids is 1. The van der Waals surface area contributed by atoms with Crippen LogP contribution < -0.4 is 5.32 Å². The number of nitrogens with zero attached hydrogens (tertiary/aromatic N) is 1. The summed E-state index contributed by atoms with van der Waals surface area (Å²) in [5, 5.41) is 11.7. The molecule has 0 bridgehead atoms. The molecule has 0 unspecified atom stereocenters. The number of nitrogens with one attached hydrogen (secondary N) is 1. The maximum Gasteiger partial charge on any atom is 0.416 e. The van der Waals surface area contributed by atoms with E-state index in [2.05, 4.69) is 5.32 Å². The van der Waals surface area contributed by atoms with Gasteiger partial charge in [-0.15, -0.1) is 0 Å². The summed E-state index contributed by atoms with van der Waals surface area (Å²) in [6.07, 6.45) is 0.723. The highest BCUT2D eigenvalue weighted by Crippen LogP contribution is 2.33. The molecule has 0 radical (unpaired) electrons. The average molecular weight is 379 g/mol. The number of halogens is 4. The van der Waals surface area contributed by atoms with Crippen molar-refractivity contribution in [1.29, 1.82) is 0 Å². The average Bonchev–Trinajstić information content (AvgIpc) is 2.56. The van der Waals surface area contributed by atoms with Crippen molar-refractivity contribution in [3.8, 4) is 0 Å². The summed E-state index contributed by atoms with van der Waals surface area (Å²) in [7, 11) is 0. The molecule has 2 rings (SSSR count). The Balaban J connectivity index is 2.04. The van der Waals surface area contributed by atoms with Gasteiger partial charge in [-0.1, -0.05) is 30.9 Å². The summed E-state index contributed by atoms with van der Waals surface area (Å²) in [6.45, 7) is 0.292. The van der Waals surface area contributed by atoms with Gasteiger partial charge in [0.25, 0.3) is 0 Å². The highest BCUT2D eigenvalue weighted by atomic mass is 35.5. The van der Waals surface area contributed by atoms with Gasteiger partial charge in [0.2, 0.25) is 5.91 Å². The first-order chi connectivity index (χ1) is 11.8. The van der Waals surface area contributed by atoms with Crippen molar-refractivity contribution in [3.63, 3.8) is 0 Å². The van der Waals surface area contributed by atoms with Crippen LogP contribution in [0.15, 0.2) is 18.2 Å². The molecule has 1 fully saturated rings. The van der Waals surface area contributed by atoms with Crippen LogP contribution in [0.25, 0.3) is 0 Å². The molecule has 8 heteroatoms. The SMILES string of the molecule is O=C(CN(CCO)C1CCCCC1)Nc1cc(C(F)(F)F)ccc1Cl. The predicted molar refractivity (Wildman–Crippen MR) is 90.6 cm³/mol. The third-order valence-electron chi connectivity index (χ3n) is 4.39. The third kappa shape index (κ3) is 5.87. The second-order valence-corrected chi connectivity index (χ2v) is 6.63. The summed E-state index contributed by atoms with van der Waals surface area (Å²) in [5.41, 5.74) is -0.930. The van der Waals surface area contributed by atoms with E-state index in [0.717, 1.165) is 50.3 Å². The quantitative estimate of drug-likeness (QED) is 0.788. The molecule has 140 valence electrons. The standard InChI is InChI=1S/C17H22ClF3N2O2/c18-14-7-6-12(17(19,20)21)10-15(14)22-16(25)11-23(8-9-24)13-4-2-1-3-5-13/h6-7,10,13,24H,1-5,8-9,11H2,(H,22,25). The van der Waals surface area contributed by atoms with Gasteiger partial charge in [0, 0.05) is 12.6 Å². The Hall–Kier alpha value is -1.31. The van der Waals surface area contributed by atoms with Gasteiger partial charge in [-0.3, -0.25) is 9.69 Å². The number of amides is 1.